The third-order valence-electron chi connectivity index (χ3n) is 3.32. The summed E-state index contributed by atoms with van der Waals surface area (Å²) in [6.07, 6.45) is 1.92. The maximum atomic E-state index is 5.39. The van der Waals surface area contributed by atoms with Crippen LogP contribution in [0.5, 0.6) is 5.75 Å². The summed E-state index contributed by atoms with van der Waals surface area (Å²) >= 11 is 3.49. The number of halogens is 1. The number of H-pyrrole nitrogens is 1. The number of methoxy groups -OCH3 is 1. The lowest BCUT2D eigenvalue weighted by Gasteiger charge is -2.22. The predicted molar refractivity (Wildman–Crippen MR) is 93.2 cm³/mol. The third-order valence-corrected chi connectivity index (χ3v) is 3.82. The molecule has 2 aromatic rings. The second-order valence-corrected chi connectivity index (χ2v) is 5.82. The maximum Gasteiger partial charge on any atom is 0.194 e. The van der Waals surface area contributed by atoms with Crippen molar-refractivity contribution in [2.75, 3.05) is 21.2 Å². The Morgan fingerprint density at radius 2 is 2.23 bits per heavy atom. The van der Waals surface area contributed by atoms with Gasteiger partial charge in [0, 0.05) is 42.6 Å². The molecule has 0 aliphatic heterocycles. The van der Waals surface area contributed by atoms with Crippen molar-refractivity contribution in [2.24, 2.45) is 4.99 Å². The number of aliphatic imine (C=N–C) groups is 1. The first-order chi connectivity index (χ1) is 10.6. The largest absolute Gasteiger partial charge is 0.496 e. The molecule has 0 atom stereocenters. The van der Waals surface area contributed by atoms with E-state index in [2.05, 4.69) is 42.2 Å². The van der Waals surface area contributed by atoms with Gasteiger partial charge in [0.2, 0.25) is 0 Å². The molecule has 0 saturated heterocycles. The first-order valence-corrected chi connectivity index (χ1v) is 7.79. The van der Waals surface area contributed by atoms with E-state index < -0.39 is 0 Å². The van der Waals surface area contributed by atoms with Crippen molar-refractivity contribution in [3.8, 4) is 5.75 Å². The van der Waals surface area contributed by atoms with Crippen molar-refractivity contribution in [2.45, 2.75) is 13.1 Å². The molecule has 0 aliphatic rings. The number of rotatable bonds is 5. The molecule has 5 nitrogen and oxygen atoms in total. The zero-order chi connectivity index (χ0) is 15.9. The van der Waals surface area contributed by atoms with Gasteiger partial charge in [-0.3, -0.25) is 4.99 Å². The van der Waals surface area contributed by atoms with Crippen LogP contribution >= 0.6 is 15.9 Å². The quantitative estimate of drug-likeness (QED) is 0.633. The molecule has 0 unspecified atom stereocenters. The Balaban J connectivity index is 2.00. The molecule has 2 N–H and O–H groups in total. The van der Waals surface area contributed by atoms with Gasteiger partial charge in [0.1, 0.15) is 5.75 Å². The highest BCUT2D eigenvalue weighted by molar-refractivity contribution is 9.10. The predicted octanol–water partition coefficient (Wildman–Crippen LogP) is 2.99. The SMILES string of the molecule is CN=C(NCc1cc(Br)ccc1OC)N(C)Cc1ccc[nH]1. The van der Waals surface area contributed by atoms with E-state index >= 15 is 0 Å². The molecule has 0 radical (unpaired) electrons. The summed E-state index contributed by atoms with van der Waals surface area (Å²) in [7, 11) is 5.47. The van der Waals surface area contributed by atoms with E-state index in [9.17, 15) is 0 Å². The second-order valence-electron chi connectivity index (χ2n) is 4.91. The minimum absolute atomic E-state index is 0.643. The van der Waals surface area contributed by atoms with Gasteiger partial charge in [-0.1, -0.05) is 15.9 Å². The van der Waals surface area contributed by atoms with Gasteiger partial charge in [-0.25, -0.2) is 0 Å². The fourth-order valence-corrected chi connectivity index (χ4v) is 2.65. The molecular formula is C16H21BrN4O. The van der Waals surface area contributed by atoms with Gasteiger partial charge >= 0.3 is 0 Å². The molecule has 1 aromatic carbocycles. The lowest BCUT2D eigenvalue weighted by Crippen LogP contribution is -2.38. The molecule has 118 valence electrons. The first-order valence-electron chi connectivity index (χ1n) is 7.00. The molecule has 0 spiro atoms. The van der Waals surface area contributed by atoms with Crippen molar-refractivity contribution >= 4 is 21.9 Å². The number of ether oxygens (including phenoxy) is 1. The van der Waals surface area contributed by atoms with Crippen LogP contribution in [-0.4, -0.2) is 37.0 Å². The Kier molecular flexibility index (Phi) is 5.89. The van der Waals surface area contributed by atoms with Gasteiger partial charge in [-0.15, -0.1) is 0 Å². The third kappa shape index (κ3) is 4.27. The van der Waals surface area contributed by atoms with Gasteiger partial charge in [-0.05, 0) is 30.3 Å². The molecule has 1 aromatic heterocycles. The number of hydrogen-bond acceptors (Lipinski definition) is 2. The molecule has 0 aliphatic carbocycles. The summed E-state index contributed by atoms with van der Waals surface area (Å²) in [6.45, 7) is 1.41. The van der Waals surface area contributed by atoms with Crippen molar-refractivity contribution in [3.05, 3.63) is 52.3 Å². The van der Waals surface area contributed by atoms with E-state index in [1.165, 1.54) is 0 Å². The van der Waals surface area contributed by atoms with Crippen molar-refractivity contribution in [1.29, 1.82) is 0 Å². The average Bonchev–Trinajstić information content (AvgIpc) is 3.01. The number of hydrogen-bond donors (Lipinski definition) is 2. The van der Waals surface area contributed by atoms with E-state index in [0.29, 0.717) is 6.54 Å². The zero-order valence-electron chi connectivity index (χ0n) is 13.1. The molecule has 0 amide bonds. The summed E-state index contributed by atoms with van der Waals surface area (Å²) in [5.74, 6) is 1.69. The van der Waals surface area contributed by atoms with Gasteiger partial charge in [0.15, 0.2) is 5.96 Å². The molecule has 0 saturated carbocycles. The summed E-state index contributed by atoms with van der Waals surface area (Å²) in [6, 6.07) is 10.0. The molecule has 6 heteroatoms. The van der Waals surface area contributed by atoms with E-state index in [0.717, 1.165) is 34.0 Å². The van der Waals surface area contributed by atoms with Crippen LogP contribution in [0.3, 0.4) is 0 Å². The molecule has 2 rings (SSSR count). The van der Waals surface area contributed by atoms with Crippen molar-refractivity contribution in [1.82, 2.24) is 15.2 Å². The Morgan fingerprint density at radius 1 is 1.41 bits per heavy atom. The highest BCUT2D eigenvalue weighted by Crippen LogP contribution is 2.22. The highest BCUT2D eigenvalue weighted by atomic mass is 79.9. The summed E-state index contributed by atoms with van der Waals surface area (Å²) < 4.78 is 6.42. The number of benzene rings is 1. The lowest BCUT2D eigenvalue weighted by molar-refractivity contribution is 0.408. The molecule has 0 fully saturated rings. The average molecular weight is 365 g/mol. The summed E-state index contributed by atoms with van der Waals surface area (Å²) in [5.41, 5.74) is 2.22. The smallest absolute Gasteiger partial charge is 0.194 e. The first kappa shape index (κ1) is 16.4. The Labute approximate surface area is 139 Å². The second kappa shape index (κ2) is 7.89. The molecule has 0 bridgehead atoms. The van der Waals surface area contributed by atoms with Crippen molar-refractivity contribution < 1.29 is 4.74 Å². The zero-order valence-corrected chi connectivity index (χ0v) is 14.6. The van der Waals surface area contributed by atoms with Crippen LogP contribution in [0.2, 0.25) is 0 Å². The normalized spacial score (nSPS) is 11.4. The lowest BCUT2D eigenvalue weighted by atomic mass is 10.2. The maximum absolute atomic E-state index is 5.39. The Morgan fingerprint density at radius 3 is 2.86 bits per heavy atom. The number of nitrogens with one attached hydrogen (secondary N) is 2. The van der Waals surface area contributed by atoms with Crippen LogP contribution < -0.4 is 10.1 Å². The van der Waals surface area contributed by atoms with E-state index in [-0.39, 0.29) is 0 Å². The van der Waals surface area contributed by atoms with Crippen LogP contribution in [0.1, 0.15) is 11.3 Å². The van der Waals surface area contributed by atoms with Gasteiger partial charge < -0.3 is 19.9 Å². The number of nitrogens with zero attached hydrogens (tertiary/aromatic N) is 2. The summed E-state index contributed by atoms with van der Waals surface area (Å²) in [4.78, 5) is 9.59. The van der Waals surface area contributed by atoms with E-state index in [1.807, 2.05) is 37.5 Å². The topological polar surface area (TPSA) is 52.7 Å². The standard InChI is InChI=1S/C16H21BrN4O/c1-18-16(21(2)11-14-5-4-8-19-14)20-10-12-9-13(17)6-7-15(12)22-3/h4-9,19H,10-11H2,1-3H3,(H,18,20). The van der Waals surface area contributed by atoms with Gasteiger partial charge in [0.25, 0.3) is 0 Å². The Hall–Kier alpha value is -1.95. The number of aromatic amines is 1. The van der Waals surface area contributed by atoms with Crippen LogP contribution in [0, 0.1) is 0 Å². The number of guanidine groups is 1. The van der Waals surface area contributed by atoms with Crippen LogP contribution in [0.4, 0.5) is 0 Å². The van der Waals surface area contributed by atoms with Gasteiger partial charge in [-0.2, -0.15) is 0 Å². The Bertz CT molecular complexity index is 625. The minimum atomic E-state index is 0.643. The summed E-state index contributed by atoms with van der Waals surface area (Å²) in [5, 5.41) is 3.36. The monoisotopic (exact) mass is 364 g/mol. The fraction of sp³-hybridized carbons (Fsp3) is 0.312. The molecule has 22 heavy (non-hydrogen) atoms. The minimum Gasteiger partial charge on any atom is -0.496 e. The van der Waals surface area contributed by atoms with Crippen LogP contribution in [-0.2, 0) is 13.1 Å². The number of aromatic nitrogens is 1. The molecular weight excluding hydrogens is 344 g/mol. The van der Waals surface area contributed by atoms with Crippen LogP contribution in [0.15, 0.2) is 46.0 Å². The van der Waals surface area contributed by atoms with Crippen LogP contribution in [0.25, 0.3) is 0 Å². The van der Waals surface area contributed by atoms with E-state index in [1.54, 1.807) is 14.2 Å². The van der Waals surface area contributed by atoms with Crippen molar-refractivity contribution in [3.63, 3.8) is 0 Å². The highest BCUT2D eigenvalue weighted by Gasteiger charge is 2.09. The molecule has 1 heterocycles. The van der Waals surface area contributed by atoms with Gasteiger partial charge in [0.05, 0.1) is 13.7 Å². The van der Waals surface area contributed by atoms with E-state index in [4.69, 9.17) is 4.74 Å². The fourth-order valence-electron chi connectivity index (χ4n) is 2.24.